The van der Waals surface area contributed by atoms with Gasteiger partial charge in [0.1, 0.15) is 23.2 Å². The summed E-state index contributed by atoms with van der Waals surface area (Å²) in [6, 6.07) is 6.26. The minimum absolute atomic E-state index is 0.0548. The van der Waals surface area contributed by atoms with E-state index in [0.717, 1.165) is 13.0 Å². The van der Waals surface area contributed by atoms with Crippen molar-refractivity contribution in [3.63, 3.8) is 0 Å². The van der Waals surface area contributed by atoms with Crippen LogP contribution in [0.5, 0.6) is 5.88 Å². The van der Waals surface area contributed by atoms with E-state index in [0.29, 0.717) is 12.4 Å². The van der Waals surface area contributed by atoms with Crippen LogP contribution in [0.25, 0.3) is 11.3 Å². The highest BCUT2D eigenvalue weighted by Gasteiger charge is 2.33. The minimum atomic E-state index is -0.549. The Balaban J connectivity index is 2.07. The Hall–Kier alpha value is -2.41. The maximum atomic E-state index is 14.3. The second kappa shape index (κ2) is 7.23. The van der Waals surface area contributed by atoms with Crippen LogP contribution in [0.4, 0.5) is 4.39 Å². The van der Waals surface area contributed by atoms with E-state index in [-0.39, 0.29) is 29.5 Å². The number of aromatic nitrogens is 2. The van der Waals surface area contributed by atoms with Gasteiger partial charge in [0, 0.05) is 25.1 Å². The van der Waals surface area contributed by atoms with Crippen molar-refractivity contribution in [3.05, 3.63) is 35.6 Å². The first-order valence-electron chi connectivity index (χ1n) is 8.35. The topological polar surface area (TPSA) is 56.6 Å². The second-order valence-corrected chi connectivity index (χ2v) is 6.24. The van der Waals surface area contributed by atoms with Gasteiger partial charge in [-0.3, -0.25) is 0 Å². The molecule has 7 heteroatoms. The van der Waals surface area contributed by atoms with E-state index in [9.17, 15) is 9.18 Å². The normalized spacial score (nSPS) is 16.4. The Morgan fingerprint density at radius 2 is 2.20 bits per heavy atom. The van der Waals surface area contributed by atoms with Crippen molar-refractivity contribution in [3.8, 4) is 17.1 Å². The fraction of sp³-hybridized carbons (Fsp3) is 0.444. The van der Waals surface area contributed by atoms with Crippen LogP contribution in [0.2, 0.25) is 0 Å². The molecule has 0 bridgehead atoms. The molecule has 1 aromatic heterocycles. The molecule has 1 atom stereocenters. The average molecular weight is 347 g/mol. The van der Waals surface area contributed by atoms with E-state index in [2.05, 4.69) is 5.10 Å². The molecule has 2 aromatic rings. The summed E-state index contributed by atoms with van der Waals surface area (Å²) < 4.78 is 27.1. The number of esters is 1. The molecule has 6 nitrogen and oxygen atoms in total. The van der Waals surface area contributed by atoms with Gasteiger partial charge in [0.15, 0.2) is 0 Å². The van der Waals surface area contributed by atoms with Crippen LogP contribution in [0.1, 0.15) is 23.7 Å². The third kappa shape index (κ3) is 3.51. The fourth-order valence-corrected chi connectivity index (χ4v) is 2.97. The first kappa shape index (κ1) is 17.4. The Bertz CT molecular complexity index is 773. The molecule has 1 aliphatic rings. The summed E-state index contributed by atoms with van der Waals surface area (Å²) in [6.45, 7) is 3.28. The second-order valence-electron chi connectivity index (χ2n) is 6.24. The molecular weight excluding hydrogens is 325 g/mol. The molecule has 1 unspecified atom stereocenters. The summed E-state index contributed by atoms with van der Waals surface area (Å²) in [5, 5.41) is 4.44. The average Bonchev–Trinajstić information content (AvgIpc) is 2.93. The van der Waals surface area contributed by atoms with E-state index >= 15 is 0 Å². The van der Waals surface area contributed by atoms with E-state index in [1.807, 2.05) is 19.0 Å². The number of hydrogen-bond donors (Lipinski definition) is 0. The zero-order valence-corrected chi connectivity index (χ0v) is 14.7. The summed E-state index contributed by atoms with van der Waals surface area (Å²) in [5.41, 5.74) is 0.715. The molecule has 1 aliphatic heterocycles. The lowest BCUT2D eigenvalue weighted by molar-refractivity contribution is 0.0508. The van der Waals surface area contributed by atoms with Crippen LogP contribution in [-0.2, 0) is 11.3 Å². The molecule has 0 aliphatic carbocycles. The van der Waals surface area contributed by atoms with Crippen molar-refractivity contribution in [1.82, 2.24) is 14.7 Å². The van der Waals surface area contributed by atoms with Gasteiger partial charge in [0.2, 0.25) is 5.88 Å². The molecule has 0 amide bonds. The summed E-state index contributed by atoms with van der Waals surface area (Å²) in [5.74, 6) is -0.629. The number of halogens is 1. The monoisotopic (exact) mass is 347 g/mol. The van der Waals surface area contributed by atoms with Gasteiger partial charge in [-0.2, -0.15) is 5.10 Å². The smallest absolute Gasteiger partial charge is 0.345 e. The number of hydrogen-bond acceptors (Lipinski definition) is 5. The van der Waals surface area contributed by atoms with Gasteiger partial charge in [0.05, 0.1) is 6.61 Å². The highest BCUT2D eigenvalue weighted by molar-refractivity contribution is 5.99. The summed E-state index contributed by atoms with van der Waals surface area (Å²) >= 11 is 0. The third-order valence-corrected chi connectivity index (χ3v) is 4.02. The van der Waals surface area contributed by atoms with Crippen LogP contribution in [0, 0.1) is 5.82 Å². The number of benzene rings is 1. The van der Waals surface area contributed by atoms with Gasteiger partial charge in [-0.05, 0) is 33.2 Å². The van der Waals surface area contributed by atoms with Crippen molar-refractivity contribution < 1.29 is 18.7 Å². The molecular formula is C18H22FN3O3. The lowest BCUT2D eigenvalue weighted by atomic mass is 10.1. The summed E-state index contributed by atoms with van der Waals surface area (Å²) in [7, 11) is 3.93. The Kier molecular flexibility index (Phi) is 5.03. The molecule has 0 spiro atoms. The van der Waals surface area contributed by atoms with Gasteiger partial charge >= 0.3 is 5.97 Å². The number of ether oxygens (including phenoxy) is 2. The summed E-state index contributed by atoms with van der Waals surface area (Å²) in [6.07, 6.45) is 0.715. The van der Waals surface area contributed by atoms with Crippen LogP contribution in [0.15, 0.2) is 24.3 Å². The highest BCUT2D eigenvalue weighted by Crippen LogP contribution is 2.35. The zero-order chi connectivity index (χ0) is 18.0. The van der Waals surface area contributed by atoms with Gasteiger partial charge in [0.25, 0.3) is 0 Å². The lowest BCUT2D eigenvalue weighted by Crippen LogP contribution is -2.35. The molecule has 25 heavy (non-hydrogen) atoms. The van der Waals surface area contributed by atoms with E-state index in [4.69, 9.17) is 9.47 Å². The SMILES string of the molecule is CCOC(=O)c1c(-c2ccccc2F)nn2c1OC(CN(C)C)CC2. The first-order valence-corrected chi connectivity index (χ1v) is 8.35. The Morgan fingerprint density at radius 1 is 1.44 bits per heavy atom. The van der Waals surface area contributed by atoms with Gasteiger partial charge in [-0.1, -0.05) is 12.1 Å². The van der Waals surface area contributed by atoms with E-state index in [1.54, 1.807) is 29.8 Å². The lowest BCUT2D eigenvalue weighted by Gasteiger charge is -2.27. The van der Waals surface area contributed by atoms with Crippen LogP contribution in [0.3, 0.4) is 0 Å². The maximum Gasteiger partial charge on any atom is 0.345 e. The number of carbonyl (C=O) groups is 1. The molecule has 134 valence electrons. The van der Waals surface area contributed by atoms with Gasteiger partial charge in [-0.15, -0.1) is 0 Å². The third-order valence-electron chi connectivity index (χ3n) is 4.02. The molecule has 0 saturated heterocycles. The molecule has 2 heterocycles. The number of rotatable bonds is 5. The van der Waals surface area contributed by atoms with E-state index in [1.165, 1.54) is 6.07 Å². The van der Waals surface area contributed by atoms with E-state index < -0.39 is 11.8 Å². The van der Waals surface area contributed by atoms with Crippen molar-refractivity contribution >= 4 is 5.97 Å². The number of carbonyl (C=O) groups excluding carboxylic acids is 1. The highest BCUT2D eigenvalue weighted by atomic mass is 19.1. The maximum absolute atomic E-state index is 14.3. The largest absolute Gasteiger partial charge is 0.472 e. The van der Waals surface area contributed by atoms with Crippen molar-refractivity contribution in [1.29, 1.82) is 0 Å². The first-order chi connectivity index (χ1) is 12.0. The number of aryl methyl sites for hydroxylation is 1. The molecule has 3 rings (SSSR count). The van der Waals surface area contributed by atoms with Crippen LogP contribution < -0.4 is 4.74 Å². The minimum Gasteiger partial charge on any atom is -0.472 e. The van der Waals surface area contributed by atoms with Crippen LogP contribution in [-0.4, -0.2) is 54.0 Å². The zero-order valence-electron chi connectivity index (χ0n) is 14.7. The van der Waals surface area contributed by atoms with Crippen molar-refractivity contribution in [2.45, 2.75) is 26.0 Å². The van der Waals surface area contributed by atoms with Crippen molar-refractivity contribution in [2.75, 3.05) is 27.2 Å². The standard InChI is InChI=1S/C18H22FN3O3/c1-4-24-18(23)15-16(13-7-5-6-8-14(13)19)20-22-10-9-12(11-21(2)3)25-17(15)22/h5-8,12H,4,9-11H2,1-3H3. The van der Waals surface area contributed by atoms with Crippen LogP contribution >= 0.6 is 0 Å². The fourth-order valence-electron chi connectivity index (χ4n) is 2.97. The molecule has 1 aromatic carbocycles. The number of fused-ring (bicyclic) bond motifs is 1. The number of nitrogens with zero attached hydrogens (tertiary/aromatic N) is 3. The van der Waals surface area contributed by atoms with Gasteiger partial charge < -0.3 is 14.4 Å². The summed E-state index contributed by atoms with van der Waals surface area (Å²) in [4.78, 5) is 14.5. The Labute approximate surface area is 146 Å². The molecule has 0 fully saturated rings. The number of likely N-dealkylation sites (N-methyl/N-ethyl adjacent to an activating group) is 1. The quantitative estimate of drug-likeness (QED) is 0.778. The van der Waals surface area contributed by atoms with Crippen molar-refractivity contribution in [2.24, 2.45) is 0 Å². The Morgan fingerprint density at radius 3 is 2.88 bits per heavy atom. The molecule has 0 saturated carbocycles. The molecule has 0 radical (unpaired) electrons. The predicted octanol–water partition coefficient (Wildman–Crippen LogP) is 2.58. The predicted molar refractivity (Wildman–Crippen MR) is 91.2 cm³/mol. The van der Waals surface area contributed by atoms with Gasteiger partial charge in [-0.25, -0.2) is 13.9 Å². The molecule has 0 N–H and O–H groups in total.